The van der Waals surface area contributed by atoms with E-state index in [1.54, 1.807) is 0 Å². The summed E-state index contributed by atoms with van der Waals surface area (Å²) in [6, 6.07) is 9.22. The molecule has 0 heterocycles. The van der Waals surface area contributed by atoms with E-state index in [0.29, 0.717) is 17.9 Å². The molecule has 0 saturated carbocycles. The highest BCUT2D eigenvalue weighted by atomic mass is 19.1. The lowest BCUT2D eigenvalue weighted by molar-refractivity contribution is -0.118. The van der Waals surface area contributed by atoms with Crippen LogP contribution in [-0.4, -0.2) is 17.6 Å². The van der Waals surface area contributed by atoms with Crippen LogP contribution in [0.5, 0.6) is 5.75 Å². The highest BCUT2D eigenvalue weighted by molar-refractivity contribution is 5.92. The fourth-order valence-electron chi connectivity index (χ4n) is 2.14. The van der Waals surface area contributed by atoms with Gasteiger partial charge in [0.05, 0.1) is 24.8 Å². The molecule has 2 rings (SSSR count). The van der Waals surface area contributed by atoms with Crippen molar-refractivity contribution in [3.63, 3.8) is 0 Å². The van der Waals surface area contributed by atoms with Crippen molar-refractivity contribution in [1.82, 2.24) is 0 Å². The molecule has 2 aromatic carbocycles. The molecule has 0 radical (unpaired) electrons. The van der Waals surface area contributed by atoms with Gasteiger partial charge in [-0.1, -0.05) is 19.1 Å². The van der Waals surface area contributed by atoms with E-state index in [1.165, 1.54) is 42.5 Å². The van der Waals surface area contributed by atoms with Gasteiger partial charge in [0.2, 0.25) is 5.91 Å². The molecule has 0 fully saturated rings. The first kappa shape index (κ1) is 17.9. The zero-order chi connectivity index (χ0) is 17.5. The number of amides is 1. The minimum atomic E-state index is -1.14. The lowest BCUT2D eigenvalue weighted by Crippen LogP contribution is -2.16. The molecule has 2 N–H and O–H groups in total. The summed E-state index contributed by atoms with van der Waals surface area (Å²) >= 11 is 0. The first-order valence-electron chi connectivity index (χ1n) is 7.65. The number of nitrogens with one attached hydrogen (secondary N) is 1. The molecule has 0 saturated heterocycles. The number of hydrogen-bond donors (Lipinski definition) is 2. The third-order valence-electron chi connectivity index (χ3n) is 3.29. The Balaban J connectivity index is 2.04. The molecule has 0 bridgehead atoms. The van der Waals surface area contributed by atoms with Crippen molar-refractivity contribution in [2.24, 2.45) is 0 Å². The van der Waals surface area contributed by atoms with E-state index < -0.39 is 23.6 Å². The largest absolute Gasteiger partial charge is 0.491 e. The van der Waals surface area contributed by atoms with Crippen LogP contribution in [0.15, 0.2) is 42.5 Å². The van der Waals surface area contributed by atoms with Crippen LogP contribution < -0.4 is 10.1 Å². The summed E-state index contributed by atoms with van der Waals surface area (Å²) in [5.74, 6) is -1.22. The number of benzene rings is 2. The average Bonchev–Trinajstić information content (AvgIpc) is 2.55. The minimum absolute atomic E-state index is 0.227. The maximum absolute atomic E-state index is 13.3. The van der Waals surface area contributed by atoms with Crippen LogP contribution in [0.2, 0.25) is 0 Å². The summed E-state index contributed by atoms with van der Waals surface area (Å²) in [6.07, 6.45) is -0.655. The summed E-state index contributed by atoms with van der Waals surface area (Å²) in [4.78, 5) is 12.1. The minimum Gasteiger partial charge on any atom is -0.491 e. The smallest absolute Gasteiger partial charge is 0.227 e. The number of halogens is 2. The van der Waals surface area contributed by atoms with E-state index in [4.69, 9.17) is 4.74 Å². The van der Waals surface area contributed by atoms with Crippen molar-refractivity contribution in [3.05, 3.63) is 59.7 Å². The molecule has 2 aromatic rings. The monoisotopic (exact) mass is 335 g/mol. The lowest BCUT2D eigenvalue weighted by atomic mass is 10.1. The molecule has 6 heteroatoms. The lowest BCUT2D eigenvalue weighted by Gasteiger charge is -2.14. The van der Waals surface area contributed by atoms with Gasteiger partial charge in [-0.3, -0.25) is 4.79 Å². The van der Waals surface area contributed by atoms with E-state index >= 15 is 0 Å². The number of carbonyl (C=O) groups is 1. The van der Waals surface area contributed by atoms with Gasteiger partial charge in [0.15, 0.2) is 0 Å². The first-order chi connectivity index (χ1) is 11.5. The number of aliphatic hydroxyl groups is 1. The summed E-state index contributed by atoms with van der Waals surface area (Å²) in [5, 5.41) is 12.6. The van der Waals surface area contributed by atoms with Gasteiger partial charge in [-0.25, -0.2) is 8.78 Å². The van der Waals surface area contributed by atoms with Gasteiger partial charge in [-0.05, 0) is 36.2 Å². The fourth-order valence-corrected chi connectivity index (χ4v) is 2.14. The standard InChI is InChI=1S/C18H19F2NO3/c1-2-8-24-17-10-14(20)6-7-15(17)21-18(23)11-16(22)12-4-3-5-13(19)9-12/h3-7,9-10,16,22H,2,8,11H2,1H3,(H,21,23). The third kappa shape index (κ3) is 5.03. The third-order valence-corrected chi connectivity index (χ3v) is 3.29. The zero-order valence-corrected chi connectivity index (χ0v) is 13.3. The zero-order valence-electron chi connectivity index (χ0n) is 13.3. The molecular formula is C18H19F2NO3. The molecule has 4 nitrogen and oxygen atoms in total. The Morgan fingerprint density at radius 3 is 2.67 bits per heavy atom. The molecule has 0 aliphatic carbocycles. The van der Waals surface area contributed by atoms with Crippen LogP contribution in [0.25, 0.3) is 0 Å². The van der Waals surface area contributed by atoms with Gasteiger partial charge >= 0.3 is 0 Å². The first-order valence-corrected chi connectivity index (χ1v) is 7.65. The van der Waals surface area contributed by atoms with E-state index in [2.05, 4.69) is 5.32 Å². The molecule has 24 heavy (non-hydrogen) atoms. The van der Waals surface area contributed by atoms with Crippen LogP contribution in [-0.2, 0) is 4.79 Å². The number of aliphatic hydroxyl groups excluding tert-OH is 1. The highest BCUT2D eigenvalue weighted by Gasteiger charge is 2.15. The number of ether oxygens (including phenoxy) is 1. The van der Waals surface area contributed by atoms with Crippen LogP contribution in [0, 0.1) is 11.6 Å². The quantitative estimate of drug-likeness (QED) is 0.809. The summed E-state index contributed by atoms with van der Waals surface area (Å²) in [7, 11) is 0. The van der Waals surface area contributed by atoms with E-state index in [-0.39, 0.29) is 12.2 Å². The second kappa shape index (κ2) is 8.40. The second-order valence-electron chi connectivity index (χ2n) is 5.31. The van der Waals surface area contributed by atoms with Crippen LogP contribution in [0.3, 0.4) is 0 Å². The normalized spacial score (nSPS) is 11.8. The van der Waals surface area contributed by atoms with Gasteiger partial charge < -0.3 is 15.2 Å². The Morgan fingerprint density at radius 1 is 1.21 bits per heavy atom. The molecule has 128 valence electrons. The van der Waals surface area contributed by atoms with E-state index in [1.807, 2.05) is 6.92 Å². The van der Waals surface area contributed by atoms with Crippen LogP contribution >= 0.6 is 0 Å². The predicted molar refractivity (Wildman–Crippen MR) is 86.8 cm³/mol. The van der Waals surface area contributed by atoms with Crippen molar-refractivity contribution >= 4 is 11.6 Å². The van der Waals surface area contributed by atoms with Gasteiger partial charge in [-0.15, -0.1) is 0 Å². The van der Waals surface area contributed by atoms with Crippen molar-refractivity contribution in [2.75, 3.05) is 11.9 Å². The molecule has 0 aliphatic heterocycles. The molecule has 0 aromatic heterocycles. The molecule has 0 aliphatic rings. The van der Waals surface area contributed by atoms with Crippen molar-refractivity contribution in [2.45, 2.75) is 25.9 Å². The van der Waals surface area contributed by atoms with Crippen LogP contribution in [0.1, 0.15) is 31.4 Å². The van der Waals surface area contributed by atoms with Crippen molar-refractivity contribution in [3.8, 4) is 5.75 Å². The SMILES string of the molecule is CCCOc1cc(F)ccc1NC(=O)CC(O)c1cccc(F)c1. The number of hydrogen-bond acceptors (Lipinski definition) is 3. The number of carbonyl (C=O) groups excluding carboxylic acids is 1. The number of rotatable bonds is 7. The molecule has 1 unspecified atom stereocenters. The van der Waals surface area contributed by atoms with Gasteiger partial charge in [0.1, 0.15) is 17.4 Å². The van der Waals surface area contributed by atoms with Gasteiger partial charge in [0, 0.05) is 6.07 Å². The second-order valence-corrected chi connectivity index (χ2v) is 5.31. The maximum atomic E-state index is 13.3. The number of anilines is 1. The molecule has 1 amide bonds. The van der Waals surface area contributed by atoms with Crippen molar-refractivity contribution in [1.29, 1.82) is 0 Å². The highest BCUT2D eigenvalue weighted by Crippen LogP contribution is 2.26. The Morgan fingerprint density at radius 2 is 1.96 bits per heavy atom. The van der Waals surface area contributed by atoms with Crippen molar-refractivity contribution < 1.29 is 23.4 Å². The maximum Gasteiger partial charge on any atom is 0.227 e. The summed E-state index contributed by atoms with van der Waals surface area (Å²) in [6.45, 7) is 2.30. The summed E-state index contributed by atoms with van der Waals surface area (Å²) < 4.78 is 31.9. The van der Waals surface area contributed by atoms with Crippen LogP contribution in [0.4, 0.5) is 14.5 Å². The van der Waals surface area contributed by atoms with Gasteiger partial charge in [-0.2, -0.15) is 0 Å². The Kier molecular flexibility index (Phi) is 6.26. The summed E-state index contributed by atoms with van der Waals surface area (Å²) in [5.41, 5.74) is 0.632. The van der Waals surface area contributed by atoms with E-state index in [0.717, 1.165) is 6.42 Å². The van der Waals surface area contributed by atoms with Gasteiger partial charge in [0.25, 0.3) is 0 Å². The molecular weight excluding hydrogens is 316 g/mol. The molecule has 0 spiro atoms. The average molecular weight is 335 g/mol. The van der Waals surface area contributed by atoms with E-state index in [9.17, 15) is 18.7 Å². The predicted octanol–water partition coefficient (Wildman–Crippen LogP) is 3.82. The fraction of sp³-hybridized carbons (Fsp3) is 0.278. The Bertz CT molecular complexity index is 706. The molecule has 1 atom stereocenters. The Hall–Kier alpha value is -2.47. The topological polar surface area (TPSA) is 58.6 Å². The Labute approximate surface area is 139 Å².